The molecule has 0 fully saturated rings. The molecule has 2 N–H and O–H groups in total. The number of nitrogens with zero attached hydrogens (tertiary/aromatic N) is 3. The van der Waals surface area contributed by atoms with Crippen LogP contribution in [0.2, 0.25) is 0 Å². The van der Waals surface area contributed by atoms with Crippen LogP contribution in [0.5, 0.6) is 11.5 Å². The zero-order valence-electron chi connectivity index (χ0n) is 14.3. The monoisotopic (exact) mass is 434 g/mol. The number of nitrogens with two attached hydrogens (primary N) is 1. The number of ether oxygens (including phenoxy) is 2. The molecule has 3 aromatic rings. The number of halogens is 1. The maximum atomic E-state index is 6.12. The van der Waals surface area contributed by atoms with E-state index >= 15 is 0 Å². The second-order valence-electron chi connectivity index (χ2n) is 5.45. The lowest BCUT2D eigenvalue weighted by Crippen LogP contribution is -2.15. The molecule has 0 unspecified atom stereocenters. The molecule has 0 amide bonds. The Morgan fingerprint density at radius 1 is 1.12 bits per heavy atom. The van der Waals surface area contributed by atoms with Gasteiger partial charge in [-0.2, -0.15) is 0 Å². The van der Waals surface area contributed by atoms with Crippen molar-refractivity contribution in [3.05, 3.63) is 64.4 Å². The van der Waals surface area contributed by atoms with E-state index in [0.717, 1.165) is 27.3 Å². The van der Waals surface area contributed by atoms with Gasteiger partial charge in [0, 0.05) is 16.6 Å². The molecule has 0 bridgehead atoms. The summed E-state index contributed by atoms with van der Waals surface area (Å²) in [6.07, 6.45) is 0.614. The lowest BCUT2D eigenvalue weighted by molar-refractivity contribution is 0.343. The van der Waals surface area contributed by atoms with Crippen molar-refractivity contribution in [2.45, 2.75) is 11.6 Å². The van der Waals surface area contributed by atoms with Crippen molar-refractivity contribution in [2.75, 3.05) is 25.3 Å². The van der Waals surface area contributed by atoms with Crippen molar-refractivity contribution < 1.29 is 9.47 Å². The largest absolute Gasteiger partial charge is 0.497 e. The van der Waals surface area contributed by atoms with Crippen molar-refractivity contribution in [2.24, 2.45) is 0 Å². The van der Waals surface area contributed by atoms with Crippen LogP contribution in [0.1, 0.15) is 11.4 Å². The van der Waals surface area contributed by atoms with Gasteiger partial charge in [0.05, 0.1) is 13.7 Å². The topological polar surface area (TPSA) is 75.2 Å². The molecule has 0 saturated heterocycles. The highest BCUT2D eigenvalue weighted by Gasteiger charge is 2.11. The fourth-order valence-electron chi connectivity index (χ4n) is 2.30. The molecule has 0 spiro atoms. The molecule has 1 heterocycles. The summed E-state index contributed by atoms with van der Waals surface area (Å²) < 4.78 is 13.4. The number of nitrogen functional groups attached to an aromatic ring is 1. The lowest BCUT2D eigenvalue weighted by atomic mass is 10.1. The van der Waals surface area contributed by atoms with Crippen LogP contribution in [0.25, 0.3) is 0 Å². The Bertz CT molecular complexity index is 855. The van der Waals surface area contributed by atoms with Crippen LogP contribution in [-0.4, -0.2) is 34.3 Å². The minimum Gasteiger partial charge on any atom is -0.497 e. The number of aromatic nitrogens is 3. The molecule has 0 atom stereocenters. The van der Waals surface area contributed by atoms with Gasteiger partial charge in [-0.3, -0.25) is 0 Å². The molecule has 136 valence electrons. The summed E-state index contributed by atoms with van der Waals surface area (Å²) in [7, 11) is 1.65. The summed E-state index contributed by atoms with van der Waals surface area (Å²) in [5.74, 6) is 9.21. The van der Waals surface area contributed by atoms with E-state index in [2.05, 4.69) is 26.1 Å². The number of rotatable bonds is 8. The van der Waals surface area contributed by atoms with Crippen molar-refractivity contribution in [1.82, 2.24) is 14.9 Å². The van der Waals surface area contributed by atoms with Crippen molar-refractivity contribution >= 4 is 27.7 Å². The summed E-state index contributed by atoms with van der Waals surface area (Å²) in [5.41, 5.74) is 1.10. The molecular formula is C18H19BrN4O2S. The van der Waals surface area contributed by atoms with Gasteiger partial charge in [0.2, 0.25) is 5.16 Å². The molecule has 0 aliphatic heterocycles. The molecule has 2 aromatic carbocycles. The quantitative estimate of drug-likeness (QED) is 0.332. The molecule has 3 rings (SSSR count). The molecular weight excluding hydrogens is 416 g/mol. The highest BCUT2D eigenvalue weighted by molar-refractivity contribution is 9.10. The first-order chi connectivity index (χ1) is 12.7. The SMILES string of the molecule is COc1ccc(Cc2nnc(SCCOc3cccc(Br)c3)n2N)cc1. The molecule has 6 nitrogen and oxygen atoms in total. The van der Waals surface area contributed by atoms with Crippen LogP contribution in [-0.2, 0) is 6.42 Å². The maximum absolute atomic E-state index is 6.12. The number of benzene rings is 2. The van der Waals surface area contributed by atoms with Gasteiger partial charge in [0.1, 0.15) is 11.5 Å². The number of hydrogen-bond acceptors (Lipinski definition) is 6. The van der Waals surface area contributed by atoms with E-state index in [-0.39, 0.29) is 0 Å². The Balaban J connectivity index is 1.51. The summed E-state index contributed by atoms with van der Waals surface area (Å²) in [4.78, 5) is 0. The van der Waals surface area contributed by atoms with Crippen LogP contribution < -0.4 is 15.3 Å². The summed E-state index contributed by atoms with van der Waals surface area (Å²) in [5, 5.41) is 9.03. The summed E-state index contributed by atoms with van der Waals surface area (Å²) in [6.45, 7) is 0.557. The van der Waals surface area contributed by atoms with E-state index in [1.165, 1.54) is 16.4 Å². The van der Waals surface area contributed by atoms with E-state index < -0.39 is 0 Å². The minimum atomic E-state index is 0.557. The van der Waals surface area contributed by atoms with Gasteiger partial charge in [-0.15, -0.1) is 10.2 Å². The Morgan fingerprint density at radius 2 is 1.92 bits per heavy atom. The maximum Gasteiger partial charge on any atom is 0.209 e. The standard InChI is InChI=1S/C18H19BrN4O2S/c1-24-15-7-5-13(6-8-15)11-17-21-22-18(23(17)20)26-10-9-25-16-4-2-3-14(19)12-16/h2-8,12H,9-11,20H2,1H3. The average Bonchev–Trinajstić information content (AvgIpc) is 2.99. The summed E-state index contributed by atoms with van der Waals surface area (Å²) in [6, 6.07) is 15.6. The lowest BCUT2D eigenvalue weighted by Gasteiger charge is -2.07. The first-order valence-corrected chi connectivity index (χ1v) is 9.77. The number of thioether (sulfide) groups is 1. The van der Waals surface area contributed by atoms with Gasteiger partial charge in [-0.05, 0) is 35.9 Å². The molecule has 26 heavy (non-hydrogen) atoms. The molecule has 0 radical (unpaired) electrons. The van der Waals surface area contributed by atoms with Crippen LogP contribution in [0.3, 0.4) is 0 Å². The Labute approximate surface area is 164 Å². The van der Waals surface area contributed by atoms with Crippen molar-refractivity contribution in [3.63, 3.8) is 0 Å². The van der Waals surface area contributed by atoms with E-state index in [0.29, 0.717) is 24.0 Å². The van der Waals surface area contributed by atoms with Crippen molar-refractivity contribution in [3.8, 4) is 11.5 Å². The third kappa shape index (κ3) is 4.92. The zero-order chi connectivity index (χ0) is 18.4. The summed E-state index contributed by atoms with van der Waals surface area (Å²) >= 11 is 4.94. The molecule has 0 aliphatic carbocycles. The fraction of sp³-hybridized carbons (Fsp3) is 0.222. The second-order valence-corrected chi connectivity index (χ2v) is 7.43. The van der Waals surface area contributed by atoms with E-state index in [1.807, 2.05) is 48.5 Å². The van der Waals surface area contributed by atoms with Gasteiger partial charge in [0.25, 0.3) is 0 Å². The highest BCUT2D eigenvalue weighted by atomic mass is 79.9. The Morgan fingerprint density at radius 3 is 2.65 bits per heavy atom. The normalized spacial score (nSPS) is 10.7. The van der Waals surface area contributed by atoms with Crippen LogP contribution in [0, 0.1) is 0 Å². The third-order valence-electron chi connectivity index (χ3n) is 3.64. The number of methoxy groups -OCH3 is 1. The molecule has 0 saturated carbocycles. The van der Waals surface area contributed by atoms with Gasteiger partial charge < -0.3 is 15.3 Å². The van der Waals surface area contributed by atoms with Crippen LogP contribution in [0.15, 0.2) is 58.2 Å². The van der Waals surface area contributed by atoms with Gasteiger partial charge >= 0.3 is 0 Å². The van der Waals surface area contributed by atoms with Gasteiger partial charge in [0.15, 0.2) is 5.82 Å². The third-order valence-corrected chi connectivity index (χ3v) is 5.04. The second kappa shape index (κ2) is 8.95. The van der Waals surface area contributed by atoms with Crippen molar-refractivity contribution in [1.29, 1.82) is 0 Å². The number of hydrogen-bond donors (Lipinski definition) is 1. The predicted octanol–water partition coefficient (Wildman–Crippen LogP) is 3.52. The zero-order valence-corrected chi connectivity index (χ0v) is 16.7. The average molecular weight is 435 g/mol. The van der Waals surface area contributed by atoms with Gasteiger partial charge in [-0.1, -0.05) is 45.9 Å². The molecule has 1 aromatic heterocycles. The van der Waals surface area contributed by atoms with E-state index in [4.69, 9.17) is 15.3 Å². The van der Waals surface area contributed by atoms with Crippen LogP contribution >= 0.6 is 27.7 Å². The Kier molecular flexibility index (Phi) is 6.40. The fourth-order valence-corrected chi connectivity index (χ4v) is 3.37. The highest BCUT2D eigenvalue weighted by Crippen LogP contribution is 2.20. The van der Waals surface area contributed by atoms with Crippen LogP contribution in [0.4, 0.5) is 0 Å². The smallest absolute Gasteiger partial charge is 0.209 e. The van der Waals surface area contributed by atoms with E-state index in [9.17, 15) is 0 Å². The molecule has 0 aliphatic rings. The minimum absolute atomic E-state index is 0.557. The molecule has 8 heteroatoms. The van der Waals surface area contributed by atoms with E-state index in [1.54, 1.807) is 7.11 Å². The predicted molar refractivity (Wildman–Crippen MR) is 106 cm³/mol. The van der Waals surface area contributed by atoms with Gasteiger partial charge in [-0.25, -0.2) is 4.68 Å². The first kappa shape index (κ1) is 18.6. The first-order valence-electron chi connectivity index (χ1n) is 7.99. The Hall–Kier alpha value is -2.19.